The fourth-order valence-electron chi connectivity index (χ4n) is 1.49. The topological polar surface area (TPSA) is 0 Å². The molecule has 0 saturated heterocycles. The fourth-order valence-corrected chi connectivity index (χ4v) is 4.38. The van der Waals surface area contributed by atoms with Crippen LogP contribution in [0.15, 0.2) is 29.2 Å². The predicted octanol–water partition coefficient (Wildman–Crippen LogP) is 5.85. The minimum atomic E-state index is -4.27. The fraction of sp³-hybridized carbons (Fsp3) is 0.571. The molecule has 0 aliphatic rings. The van der Waals surface area contributed by atoms with E-state index in [0.29, 0.717) is 10.8 Å². The molecule has 0 heterocycles. The van der Waals surface area contributed by atoms with Crippen LogP contribution in [-0.2, 0) is 6.18 Å². The maximum absolute atomic E-state index is 12.6. The quantitative estimate of drug-likeness (QED) is 0.482. The summed E-state index contributed by atoms with van der Waals surface area (Å²) in [5.74, 6) is 1.21. The van der Waals surface area contributed by atoms with Gasteiger partial charge in [0.25, 0.3) is 0 Å². The van der Waals surface area contributed by atoms with Gasteiger partial charge in [0.05, 0.1) is 5.56 Å². The van der Waals surface area contributed by atoms with Crippen molar-refractivity contribution in [3.05, 3.63) is 29.8 Å². The van der Waals surface area contributed by atoms with Crippen LogP contribution in [0.4, 0.5) is 13.2 Å². The van der Waals surface area contributed by atoms with Crippen LogP contribution in [0.3, 0.4) is 0 Å². The molecule has 0 aliphatic heterocycles. The van der Waals surface area contributed by atoms with Crippen LogP contribution in [0.5, 0.6) is 0 Å². The zero-order valence-corrected chi connectivity index (χ0v) is 13.6. The lowest BCUT2D eigenvalue weighted by Gasteiger charge is -2.28. The standard InChI is InChI=1S/C14H18BrF3S/c1-13(2,3)11(8-15)9-19-12-6-4-5-10(7-12)14(16,17)18/h4-7,11H,8-9H2,1-3H3. The summed E-state index contributed by atoms with van der Waals surface area (Å²) >= 11 is 4.96. The largest absolute Gasteiger partial charge is 0.416 e. The number of benzene rings is 1. The second-order valence-electron chi connectivity index (χ2n) is 5.55. The lowest BCUT2D eigenvalue weighted by molar-refractivity contribution is -0.137. The van der Waals surface area contributed by atoms with Gasteiger partial charge in [0.1, 0.15) is 0 Å². The average molecular weight is 355 g/mol. The lowest BCUT2D eigenvalue weighted by Crippen LogP contribution is -2.23. The molecule has 1 rings (SSSR count). The molecule has 5 heteroatoms. The number of rotatable bonds is 4. The van der Waals surface area contributed by atoms with E-state index in [-0.39, 0.29) is 5.41 Å². The van der Waals surface area contributed by atoms with Gasteiger partial charge in [-0.15, -0.1) is 11.8 Å². The van der Waals surface area contributed by atoms with Crippen molar-refractivity contribution in [3.8, 4) is 0 Å². The van der Waals surface area contributed by atoms with E-state index >= 15 is 0 Å². The van der Waals surface area contributed by atoms with E-state index in [0.717, 1.165) is 17.1 Å². The van der Waals surface area contributed by atoms with Crippen molar-refractivity contribution in [3.63, 3.8) is 0 Å². The van der Waals surface area contributed by atoms with E-state index in [4.69, 9.17) is 0 Å². The minimum absolute atomic E-state index is 0.137. The summed E-state index contributed by atoms with van der Waals surface area (Å²) in [6.07, 6.45) is -4.27. The van der Waals surface area contributed by atoms with Crippen LogP contribution in [0.2, 0.25) is 0 Å². The van der Waals surface area contributed by atoms with Gasteiger partial charge in [-0.25, -0.2) is 0 Å². The highest BCUT2D eigenvalue weighted by atomic mass is 79.9. The van der Waals surface area contributed by atoms with Crippen LogP contribution in [0, 0.1) is 11.3 Å². The van der Waals surface area contributed by atoms with Crippen LogP contribution >= 0.6 is 27.7 Å². The minimum Gasteiger partial charge on any atom is -0.166 e. The molecule has 1 atom stereocenters. The van der Waals surface area contributed by atoms with Gasteiger partial charge in [-0.1, -0.05) is 42.8 Å². The first-order valence-corrected chi connectivity index (χ1v) is 8.11. The van der Waals surface area contributed by atoms with E-state index in [1.807, 2.05) is 0 Å². The molecule has 0 spiro atoms. The van der Waals surface area contributed by atoms with Crippen molar-refractivity contribution < 1.29 is 13.2 Å². The number of thioether (sulfide) groups is 1. The van der Waals surface area contributed by atoms with Crippen LogP contribution < -0.4 is 0 Å². The number of hydrogen-bond acceptors (Lipinski definition) is 1. The Morgan fingerprint density at radius 2 is 1.84 bits per heavy atom. The molecule has 0 nitrogen and oxygen atoms in total. The maximum atomic E-state index is 12.6. The molecule has 0 bridgehead atoms. The SMILES string of the molecule is CC(C)(C)C(CBr)CSc1cccc(C(F)(F)F)c1. The van der Waals surface area contributed by atoms with Crippen molar-refractivity contribution in [1.82, 2.24) is 0 Å². The van der Waals surface area contributed by atoms with Crippen molar-refractivity contribution in [2.24, 2.45) is 11.3 Å². The highest BCUT2D eigenvalue weighted by molar-refractivity contribution is 9.09. The van der Waals surface area contributed by atoms with Gasteiger partial charge in [0.2, 0.25) is 0 Å². The number of halogens is 4. The first-order chi connectivity index (χ1) is 8.64. The van der Waals surface area contributed by atoms with Gasteiger partial charge in [0.15, 0.2) is 0 Å². The third-order valence-electron chi connectivity index (χ3n) is 3.02. The van der Waals surface area contributed by atoms with Gasteiger partial charge in [0, 0.05) is 16.0 Å². The van der Waals surface area contributed by atoms with Gasteiger partial charge >= 0.3 is 6.18 Å². The zero-order chi connectivity index (χ0) is 14.7. The summed E-state index contributed by atoms with van der Waals surface area (Å²) in [6, 6.07) is 5.52. The van der Waals surface area contributed by atoms with Crippen molar-refractivity contribution in [2.45, 2.75) is 31.8 Å². The number of hydrogen-bond donors (Lipinski definition) is 0. The van der Waals surface area contributed by atoms with Crippen LogP contribution in [-0.4, -0.2) is 11.1 Å². The molecule has 1 aromatic carbocycles. The lowest BCUT2D eigenvalue weighted by atomic mass is 9.83. The Morgan fingerprint density at radius 3 is 2.32 bits per heavy atom. The van der Waals surface area contributed by atoms with Crippen LogP contribution in [0.25, 0.3) is 0 Å². The Labute approximate surface area is 125 Å². The molecule has 0 aliphatic carbocycles. The van der Waals surface area contributed by atoms with Crippen molar-refractivity contribution in [1.29, 1.82) is 0 Å². The molecular weight excluding hydrogens is 337 g/mol. The van der Waals surface area contributed by atoms with Crippen molar-refractivity contribution in [2.75, 3.05) is 11.1 Å². The predicted molar refractivity (Wildman–Crippen MR) is 78.9 cm³/mol. The first-order valence-electron chi connectivity index (χ1n) is 6.00. The van der Waals surface area contributed by atoms with Gasteiger partial charge < -0.3 is 0 Å². The molecule has 0 amide bonds. The van der Waals surface area contributed by atoms with Crippen LogP contribution in [0.1, 0.15) is 26.3 Å². The molecule has 0 saturated carbocycles. The summed E-state index contributed by atoms with van der Waals surface area (Å²) in [5, 5.41) is 0.850. The summed E-state index contributed by atoms with van der Waals surface area (Å²) in [6.45, 7) is 6.43. The summed E-state index contributed by atoms with van der Waals surface area (Å²) in [5.41, 5.74) is -0.443. The summed E-state index contributed by atoms with van der Waals surface area (Å²) < 4.78 is 37.8. The Balaban J connectivity index is 2.73. The summed E-state index contributed by atoms with van der Waals surface area (Å²) in [7, 11) is 0. The zero-order valence-electron chi connectivity index (χ0n) is 11.2. The molecule has 19 heavy (non-hydrogen) atoms. The average Bonchev–Trinajstić information content (AvgIpc) is 2.27. The summed E-state index contributed by atoms with van der Waals surface area (Å²) in [4.78, 5) is 0.671. The normalized spacial score (nSPS) is 14.5. The van der Waals surface area contributed by atoms with E-state index < -0.39 is 11.7 Å². The molecular formula is C14H18BrF3S. The Hall–Kier alpha value is -0.160. The monoisotopic (exact) mass is 354 g/mol. The third kappa shape index (κ3) is 5.38. The molecule has 0 N–H and O–H groups in total. The van der Waals surface area contributed by atoms with Gasteiger partial charge in [-0.3, -0.25) is 0 Å². The van der Waals surface area contributed by atoms with Gasteiger partial charge in [-0.2, -0.15) is 13.2 Å². The van der Waals surface area contributed by atoms with Crippen molar-refractivity contribution >= 4 is 27.7 Å². The second kappa shape index (κ2) is 6.53. The number of alkyl halides is 4. The second-order valence-corrected chi connectivity index (χ2v) is 7.29. The molecule has 0 radical (unpaired) electrons. The Morgan fingerprint density at radius 1 is 1.21 bits per heavy atom. The molecule has 108 valence electrons. The highest BCUT2D eigenvalue weighted by Crippen LogP contribution is 2.35. The van der Waals surface area contributed by atoms with Gasteiger partial charge in [-0.05, 0) is 29.5 Å². The highest BCUT2D eigenvalue weighted by Gasteiger charge is 2.30. The van der Waals surface area contributed by atoms with E-state index in [1.165, 1.54) is 23.9 Å². The maximum Gasteiger partial charge on any atom is 0.416 e. The first kappa shape index (κ1) is 16.9. The Bertz CT molecular complexity index is 410. The molecule has 1 aromatic rings. The van der Waals surface area contributed by atoms with E-state index in [2.05, 4.69) is 36.7 Å². The molecule has 0 fully saturated rings. The Kier molecular flexibility index (Phi) is 5.80. The molecule has 0 aromatic heterocycles. The van der Waals surface area contributed by atoms with E-state index in [9.17, 15) is 13.2 Å². The third-order valence-corrected chi connectivity index (χ3v) is 4.96. The smallest absolute Gasteiger partial charge is 0.166 e. The molecule has 1 unspecified atom stereocenters. The van der Waals surface area contributed by atoms with E-state index in [1.54, 1.807) is 6.07 Å².